The zero-order valence-corrected chi connectivity index (χ0v) is 11.6. The van der Waals surface area contributed by atoms with E-state index in [1.54, 1.807) is 32.4 Å². The van der Waals surface area contributed by atoms with Crippen molar-refractivity contribution in [3.63, 3.8) is 0 Å². The maximum atomic E-state index is 12.1. The maximum absolute atomic E-state index is 12.1. The zero-order valence-electron chi connectivity index (χ0n) is 11.6. The highest BCUT2D eigenvalue weighted by atomic mass is 16.5. The number of carbonyl (C=O) groups is 1. The summed E-state index contributed by atoms with van der Waals surface area (Å²) in [6.07, 6.45) is 0. The minimum absolute atomic E-state index is 0.00481. The Morgan fingerprint density at radius 3 is 2.35 bits per heavy atom. The van der Waals surface area contributed by atoms with E-state index in [1.807, 2.05) is 30.3 Å². The molecule has 104 valence electrons. The SMILES string of the molecule is COc1ccc(C(=O)CNc2ccccc2)cc1OC. The van der Waals surface area contributed by atoms with Crippen LogP contribution in [0.1, 0.15) is 10.4 Å². The van der Waals surface area contributed by atoms with Gasteiger partial charge in [-0.05, 0) is 30.3 Å². The molecule has 0 fully saturated rings. The van der Waals surface area contributed by atoms with Gasteiger partial charge in [0.25, 0.3) is 0 Å². The standard InChI is InChI=1S/C16H17NO3/c1-19-15-9-8-12(10-16(15)20-2)14(18)11-17-13-6-4-3-5-7-13/h3-10,17H,11H2,1-2H3. The molecule has 0 spiro atoms. The number of Topliss-reactive ketones (excluding diaryl/α,β-unsaturated/α-hetero) is 1. The molecule has 0 radical (unpaired) electrons. The van der Waals surface area contributed by atoms with Crippen molar-refractivity contribution >= 4 is 11.5 Å². The van der Waals surface area contributed by atoms with E-state index in [4.69, 9.17) is 9.47 Å². The summed E-state index contributed by atoms with van der Waals surface area (Å²) in [7, 11) is 3.12. The van der Waals surface area contributed by atoms with Gasteiger partial charge in [0.1, 0.15) is 0 Å². The van der Waals surface area contributed by atoms with Crippen molar-refractivity contribution in [1.29, 1.82) is 0 Å². The number of ether oxygens (including phenoxy) is 2. The third-order valence-corrected chi connectivity index (χ3v) is 2.93. The zero-order chi connectivity index (χ0) is 14.4. The van der Waals surface area contributed by atoms with Crippen LogP contribution in [0, 0.1) is 0 Å². The second kappa shape index (κ2) is 6.61. The first kappa shape index (κ1) is 13.9. The van der Waals surface area contributed by atoms with Crippen LogP contribution in [-0.2, 0) is 0 Å². The number of hydrogen-bond acceptors (Lipinski definition) is 4. The number of carbonyl (C=O) groups excluding carboxylic acids is 1. The van der Waals surface area contributed by atoms with Crippen LogP contribution < -0.4 is 14.8 Å². The van der Waals surface area contributed by atoms with E-state index >= 15 is 0 Å². The molecule has 2 aromatic rings. The average Bonchev–Trinajstić information content (AvgIpc) is 2.52. The Morgan fingerprint density at radius 1 is 1.00 bits per heavy atom. The summed E-state index contributed by atoms with van der Waals surface area (Å²) in [6.45, 7) is 0.236. The largest absolute Gasteiger partial charge is 0.493 e. The van der Waals surface area contributed by atoms with E-state index in [0.717, 1.165) is 5.69 Å². The van der Waals surface area contributed by atoms with E-state index in [1.165, 1.54) is 0 Å². The number of benzene rings is 2. The third kappa shape index (κ3) is 3.29. The summed E-state index contributed by atoms with van der Waals surface area (Å²) in [5, 5.41) is 3.09. The number of methoxy groups -OCH3 is 2. The van der Waals surface area contributed by atoms with Crippen molar-refractivity contribution in [1.82, 2.24) is 0 Å². The van der Waals surface area contributed by atoms with Crippen LogP contribution in [0.25, 0.3) is 0 Å². The number of anilines is 1. The quantitative estimate of drug-likeness (QED) is 0.820. The molecule has 20 heavy (non-hydrogen) atoms. The molecule has 0 atom stereocenters. The Morgan fingerprint density at radius 2 is 1.70 bits per heavy atom. The summed E-state index contributed by atoms with van der Waals surface area (Å²) in [4.78, 5) is 12.1. The highest BCUT2D eigenvalue weighted by Gasteiger charge is 2.10. The molecule has 4 heteroatoms. The molecular formula is C16H17NO3. The maximum Gasteiger partial charge on any atom is 0.181 e. The van der Waals surface area contributed by atoms with Gasteiger partial charge in [0.15, 0.2) is 17.3 Å². The third-order valence-electron chi connectivity index (χ3n) is 2.93. The van der Waals surface area contributed by atoms with Gasteiger partial charge in [-0.15, -0.1) is 0 Å². The highest BCUT2D eigenvalue weighted by molar-refractivity contribution is 5.99. The van der Waals surface area contributed by atoms with Crippen LogP contribution in [-0.4, -0.2) is 26.5 Å². The Bertz CT molecular complexity index is 582. The second-order valence-electron chi connectivity index (χ2n) is 4.21. The molecule has 0 aliphatic rings. The van der Waals surface area contributed by atoms with Gasteiger partial charge in [-0.25, -0.2) is 0 Å². The minimum Gasteiger partial charge on any atom is -0.493 e. The molecule has 0 aliphatic heterocycles. The second-order valence-corrected chi connectivity index (χ2v) is 4.21. The molecule has 2 aromatic carbocycles. The number of ketones is 1. The van der Waals surface area contributed by atoms with Gasteiger partial charge in [-0.1, -0.05) is 18.2 Å². The van der Waals surface area contributed by atoms with Gasteiger partial charge < -0.3 is 14.8 Å². The molecule has 0 aromatic heterocycles. The van der Waals surface area contributed by atoms with Gasteiger partial charge in [0, 0.05) is 11.3 Å². The lowest BCUT2D eigenvalue weighted by molar-refractivity contribution is 0.101. The summed E-state index contributed by atoms with van der Waals surface area (Å²) in [6, 6.07) is 14.8. The molecule has 0 aliphatic carbocycles. The van der Waals surface area contributed by atoms with Crippen molar-refractivity contribution in [3.8, 4) is 11.5 Å². The predicted octanol–water partition coefficient (Wildman–Crippen LogP) is 3.00. The fourth-order valence-electron chi connectivity index (χ4n) is 1.85. The highest BCUT2D eigenvalue weighted by Crippen LogP contribution is 2.27. The lowest BCUT2D eigenvalue weighted by Gasteiger charge is -2.10. The summed E-state index contributed by atoms with van der Waals surface area (Å²) in [5.74, 6) is 1.16. The normalized spacial score (nSPS) is 9.90. The van der Waals surface area contributed by atoms with Crippen molar-refractivity contribution < 1.29 is 14.3 Å². The van der Waals surface area contributed by atoms with E-state index < -0.39 is 0 Å². The van der Waals surface area contributed by atoms with E-state index in [9.17, 15) is 4.79 Å². The summed E-state index contributed by atoms with van der Waals surface area (Å²) < 4.78 is 10.3. The first-order valence-electron chi connectivity index (χ1n) is 6.28. The number of para-hydroxylation sites is 1. The van der Waals surface area contributed by atoms with Gasteiger partial charge in [0.2, 0.25) is 0 Å². The van der Waals surface area contributed by atoms with E-state index in [0.29, 0.717) is 17.1 Å². The van der Waals surface area contributed by atoms with Crippen LogP contribution >= 0.6 is 0 Å². The summed E-state index contributed by atoms with van der Waals surface area (Å²) in [5.41, 5.74) is 1.51. The first-order valence-corrected chi connectivity index (χ1v) is 6.28. The lowest BCUT2D eigenvalue weighted by Crippen LogP contribution is -2.14. The number of rotatable bonds is 6. The van der Waals surface area contributed by atoms with Crippen molar-refractivity contribution in [3.05, 3.63) is 54.1 Å². The van der Waals surface area contributed by atoms with Crippen molar-refractivity contribution in [2.45, 2.75) is 0 Å². The van der Waals surface area contributed by atoms with Gasteiger partial charge in [-0.2, -0.15) is 0 Å². The molecule has 0 bridgehead atoms. The average molecular weight is 271 g/mol. The predicted molar refractivity (Wildman–Crippen MR) is 78.8 cm³/mol. The molecule has 1 N–H and O–H groups in total. The van der Waals surface area contributed by atoms with Crippen LogP contribution in [0.3, 0.4) is 0 Å². The Labute approximate surface area is 118 Å². The smallest absolute Gasteiger partial charge is 0.181 e. The topological polar surface area (TPSA) is 47.6 Å². The lowest BCUT2D eigenvalue weighted by atomic mass is 10.1. The molecule has 2 rings (SSSR count). The Kier molecular flexibility index (Phi) is 4.60. The molecule has 0 heterocycles. The Hall–Kier alpha value is -2.49. The molecular weight excluding hydrogens is 254 g/mol. The van der Waals surface area contributed by atoms with Crippen LogP contribution in [0.15, 0.2) is 48.5 Å². The first-order chi connectivity index (χ1) is 9.74. The van der Waals surface area contributed by atoms with Crippen LogP contribution in [0.2, 0.25) is 0 Å². The van der Waals surface area contributed by atoms with Crippen LogP contribution in [0.5, 0.6) is 11.5 Å². The molecule has 0 unspecified atom stereocenters. The molecule has 4 nitrogen and oxygen atoms in total. The monoisotopic (exact) mass is 271 g/mol. The number of nitrogens with one attached hydrogen (secondary N) is 1. The number of hydrogen-bond donors (Lipinski definition) is 1. The van der Waals surface area contributed by atoms with E-state index in [-0.39, 0.29) is 12.3 Å². The van der Waals surface area contributed by atoms with Crippen molar-refractivity contribution in [2.75, 3.05) is 26.1 Å². The fraction of sp³-hybridized carbons (Fsp3) is 0.188. The molecule has 0 amide bonds. The van der Waals surface area contributed by atoms with Gasteiger partial charge in [0.05, 0.1) is 20.8 Å². The fourth-order valence-corrected chi connectivity index (χ4v) is 1.85. The van der Waals surface area contributed by atoms with Gasteiger partial charge in [-0.3, -0.25) is 4.79 Å². The van der Waals surface area contributed by atoms with E-state index in [2.05, 4.69) is 5.32 Å². The molecule has 0 saturated carbocycles. The Balaban J connectivity index is 2.06. The van der Waals surface area contributed by atoms with Gasteiger partial charge >= 0.3 is 0 Å². The van der Waals surface area contributed by atoms with Crippen LogP contribution in [0.4, 0.5) is 5.69 Å². The minimum atomic E-state index is -0.00481. The molecule has 0 saturated heterocycles. The summed E-state index contributed by atoms with van der Waals surface area (Å²) >= 11 is 0. The van der Waals surface area contributed by atoms with Crippen molar-refractivity contribution in [2.24, 2.45) is 0 Å².